The minimum atomic E-state index is -0.233. The molecule has 0 unspecified atom stereocenters. The Morgan fingerprint density at radius 2 is 1.97 bits per heavy atom. The summed E-state index contributed by atoms with van der Waals surface area (Å²) in [7, 11) is 3.46. The van der Waals surface area contributed by atoms with Gasteiger partial charge in [-0.3, -0.25) is 5.32 Å². The van der Waals surface area contributed by atoms with Crippen molar-refractivity contribution in [2.45, 2.75) is 56.6 Å². The molecule has 2 amide bonds. The lowest BCUT2D eigenvalue weighted by Gasteiger charge is -2.32. The number of urea groups is 1. The van der Waals surface area contributed by atoms with Gasteiger partial charge < -0.3 is 19.5 Å². The van der Waals surface area contributed by atoms with Crippen molar-refractivity contribution in [3.05, 3.63) is 17.7 Å². The highest BCUT2D eigenvalue weighted by Gasteiger charge is 2.27. The molecule has 4 rings (SSSR count). The van der Waals surface area contributed by atoms with E-state index in [1.165, 1.54) is 16.9 Å². The average Bonchev–Trinajstić information content (AvgIpc) is 3.17. The summed E-state index contributed by atoms with van der Waals surface area (Å²) >= 11 is 1.51. The molecule has 1 aromatic heterocycles. The highest BCUT2D eigenvalue weighted by Crippen LogP contribution is 2.40. The molecule has 0 atom stereocenters. The van der Waals surface area contributed by atoms with Crippen molar-refractivity contribution >= 4 is 32.7 Å². The van der Waals surface area contributed by atoms with Crippen molar-refractivity contribution in [3.63, 3.8) is 0 Å². The van der Waals surface area contributed by atoms with Crippen LogP contribution in [0, 0.1) is 0 Å². The number of thiazole rings is 1. The number of fused-ring (bicyclic) bond motifs is 1. The van der Waals surface area contributed by atoms with Crippen molar-refractivity contribution in [1.29, 1.82) is 0 Å². The lowest BCUT2D eigenvalue weighted by molar-refractivity contribution is 0.0856. The van der Waals surface area contributed by atoms with Gasteiger partial charge in [0.25, 0.3) is 0 Å². The molecule has 7 nitrogen and oxygen atoms in total. The zero-order valence-corrected chi connectivity index (χ0v) is 17.8. The van der Waals surface area contributed by atoms with E-state index in [2.05, 4.69) is 16.4 Å². The SMILES string of the molecule is COc1ccc(C2CCOCC2)c2sc(NC(=O)N(C)[C@H]3CC[C@H](O)CC3)nc12. The number of aromatic nitrogens is 1. The van der Waals surface area contributed by atoms with Crippen LogP contribution in [0.2, 0.25) is 0 Å². The quantitative estimate of drug-likeness (QED) is 0.784. The third-order valence-corrected chi connectivity index (χ3v) is 7.19. The maximum absolute atomic E-state index is 12.8. The fourth-order valence-electron chi connectivity index (χ4n) is 4.34. The van der Waals surface area contributed by atoms with E-state index in [4.69, 9.17) is 9.47 Å². The molecule has 0 spiro atoms. The van der Waals surface area contributed by atoms with Gasteiger partial charge in [0.15, 0.2) is 5.13 Å². The van der Waals surface area contributed by atoms with Crippen molar-refractivity contribution in [2.75, 3.05) is 32.7 Å². The highest BCUT2D eigenvalue weighted by molar-refractivity contribution is 7.22. The first-order valence-corrected chi connectivity index (χ1v) is 11.2. The molecule has 1 aliphatic carbocycles. The van der Waals surface area contributed by atoms with Gasteiger partial charge in [0, 0.05) is 26.3 Å². The summed E-state index contributed by atoms with van der Waals surface area (Å²) in [6, 6.07) is 4.09. The zero-order chi connectivity index (χ0) is 20.4. The number of hydrogen-bond donors (Lipinski definition) is 2. The number of amides is 2. The summed E-state index contributed by atoms with van der Waals surface area (Å²) in [5.74, 6) is 1.17. The molecule has 1 aromatic carbocycles. The number of methoxy groups -OCH3 is 1. The summed E-state index contributed by atoms with van der Waals surface area (Å²) in [4.78, 5) is 19.2. The van der Waals surface area contributed by atoms with Gasteiger partial charge in [0.1, 0.15) is 11.3 Å². The van der Waals surface area contributed by atoms with Crippen LogP contribution in [0.5, 0.6) is 5.75 Å². The number of rotatable bonds is 4. The van der Waals surface area contributed by atoms with Crippen LogP contribution in [0.15, 0.2) is 12.1 Å². The Labute approximate surface area is 175 Å². The van der Waals surface area contributed by atoms with Crippen molar-refractivity contribution in [3.8, 4) is 5.75 Å². The summed E-state index contributed by atoms with van der Waals surface area (Å²) in [6.45, 7) is 1.56. The van der Waals surface area contributed by atoms with Gasteiger partial charge in [0.05, 0.1) is 17.9 Å². The van der Waals surface area contributed by atoms with Gasteiger partial charge in [-0.15, -0.1) is 0 Å². The number of nitrogens with one attached hydrogen (secondary N) is 1. The predicted molar refractivity (Wildman–Crippen MR) is 114 cm³/mol. The Hall–Kier alpha value is -1.90. The second-order valence-electron chi connectivity index (χ2n) is 7.94. The normalized spacial score (nSPS) is 23.1. The molecular formula is C21H29N3O4S. The highest BCUT2D eigenvalue weighted by atomic mass is 32.1. The Morgan fingerprint density at radius 1 is 1.24 bits per heavy atom. The van der Waals surface area contributed by atoms with Crippen LogP contribution in [0.25, 0.3) is 10.2 Å². The second kappa shape index (κ2) is 8.85. The number of carbonyl (C=O) groups is 1. The standard InChI is InChI=1S/C21H29N3O4S/c1-24(14-3-5-15(25)6-4-14)21(26)23-20-22-18-17(27-2)8-7-16(19(18)29-20)13-9-11-28-12-10-13/h7-8,13-15,25H,3-6,9-12H2,1-2H3,(H,22,23,26)/t14-,15-. The predicted octanol–water partition coefficient (Wildman–Crippen LogP) is 3.97. The maximum Gasteiger partial charge on any atom is 0.323 e. The van der Waals surface area contributed by atoms with Crippen LogP contribution >= 0.6 is 11.3 Å². The topological polar surface area (TPSA) is 83.9 Å². The van der Waals surface area contributed by atoms with E-state index in [0.717, 1.165) is 67.7 Å². The molecule has 1 saturated carbocycles. The van der Waals surface area contributed by atoms with E-state index in [1.54, 1.807) is 12.0 Å². The average molecular weight is 420 g/mol. The Morgan fingerprint density at radius 3 is 2.66 bits per heavy atom. The number of hydrogen-bond acceptors (Lipinski definition) is 6. The Kier molecular flexibility index (Phi) is 6.22. The zero-order valence-electron chi connectivity index (χ0n) is 17.0. The molecule has 0 radical (unpaired) electrons. The van der Waals surface area contributed by atoms with Crippen molar-refractivity contribution in [1.82, 2.24) is 9.88 Å². The fraction of sp³-hybridized carbons (Fsp3) is 0.619. The van der Waals surface area contributed by atoms with Gasteiger partial charge in [-0.1, -0.05) is 17.4 Å². The molecule has 2 fully saturated rings. The Bertz CT molecular complexity index is 857. The molecule has 29 heavy (non-hydrogen) atoms. The number of benzene rings is 1. The largest absolute Gasteiger partial charge is 0.494 e. The smallest absolute Gasteiger partial charge is 0.323 e. The van der Waals surface area contributed by atoms with E-state index >= 15 is 0 Å². The monoisotopic (exact) mass is 419 g/mol. The second-order valence-corrected chi connectivity index (χ2v) is 8.94. The maximum atomic E-state index is 12.8. The van der Waals surface area contributed by atoms with Gasteiger partial charge in [-0.05, 0) is 56.1 Å². The first-order chi connectivity index (χ1) is 14.1. The van der Waals surface area contributed by atoms with E-state index in [1.807, 2.05) is 13.1 Å². The number of carbonyl (C=O) groups excluding carboxylic acids is 1. The number of ether oxygens (including phenoxy) is 2. The summed E-state index contributed by atoms with van der Waals surface area (Å²) < 4.78 is 12.1. The van der Waals surface area contributed by atoms with Crippen molar-refractivity contribution in [2.24, 2.45) is 0 Å². The van der Waals surface area contributed by atoms with Gasteiger partial charge in [0.2, 0.25) is 0 Å². The number of aliphatic hydroxyl groups excluding tert-OH is 1. The minimum absolute atomic E-state index is 0.153. The van der Waals surface area contributed by atoms with Crippen molar-refractivity contribution < 1.29 is 19.4 Å². The molecule has 2 aromatic rings. The summed E-state index contributed by atoms with van der Waals surface area (Å²) in [5.41, 5.74) is 2.07. The molecule has 1 saturated heterocycles. The van der Waals surface area contributed by atoms with Crippen LogP contribution in [0.1, 0.15) is 50.0 Å². The molecule has 158 valence electrons. The van der Waals surface area contributed by atoms with Crippen LogP contribution in [0.4, 0.5) is 9.93 Å². The van der Waals surface area contributed by atoms with Gasteiger partial charge in [-0.25, -0.2) is 9.78 Å². The number of anilines is 1. The first-order valence-electron chi connectivity index (χ1n) is 10.3. The third-order valence-electron chi connectivity index (χ3n) is 6.17. The molecule has 2 aliphatic rings. The molecule has 1 aliphatic heterocycles. The van der Waals surface area contributed by atoms with E-state index in [-0.39, 0.29) is 18.2 Å². The molecule has 2 N–H and O–H groups in total. The molecule has 8 heteroatoms. The Balaban J connectivity index is 1.55. The third kappa shape index (κ3) is 4.34. The lowest BCUT2D eigenvalue weighted by atomic mass is 9.91. The van der Waals surface area contributed by atoms with Gasteiger partial charge in [-0.2, -0.15) is 0 Å². The minimum Gasteiger partial charge on any atom is -0.494 e. The van der Waals surface area contributed by atoms with Crippen LogP contribution < -0.4 is 10.1 Å². The first kappa shape index (κ1) is 20.4. The summed E-state index contributed by atoms with van der Waals surface area (Å²) in [5, 5.41) is 13.3. The fourth-order valence-corrected chi connectivity index (χ4v) is 5.41. The molecule has 2 heterocycles. The molecular weight excluding hydrogens is 390 g/mol. The van der Waals surface area contributed by atoms with E-state index in [0.29, 0.717) is 11.0 Å². The van der Waals surface area contributed by atoms with Crippen LogP contribution in [-0.2, 0) is 4.74 Å². The van der Waals surface area contributed by atoms with Crippen LogP contribution in [-0.4, -0.2) is 60.5 Å². The number of nitrogens with zero attached hydrogens (tertiary/aromatic N) is 2. The molecule has 0 bridgehead atoms. The summed E-state index contributed by atoms with van der Waals surface area (Å²) in [6.07, 6.45) is 4.90. The van der Waals surface area contributed by atoms with Crippen LogP contribution in [0.3, 0.4) is 0 Å². The number of aliphatic hydroxyl groups is 1. The lowest BCUT2D eigenvalue weighted by Crippen LogP contribution is -2.42. The van der Waals surface area contributed by atoms with E-state index in [9.17, 15) is 9.90 Å². The van der Waals surface area contributed by atoms with E-state index < -0.39 is 0 Å². The van der Waals surface area contributed by atoms with Gasteiger partial charge >= 0.3 is 6.03 Å².